The minimum Gasteiger partial charge on any atom is -0.465 e. The van der Waals surface area contributed by atoms with Crippen LogP contribution in [-0.2, 0) is 9.53 Å². The van der Waals surface area contributed by atoms with Crippen molar-refractivity contribution in [2.45, 2.75) is 32.7 Å². The van der Waals surface area contributed by atoms with Gasteiger partial charge in [0.05, 0.1) is 6.61 Å². The van der Waals surface area contributed by atoms with Crippen LogP contribution in [0.15, 0.2) is 0 Å². The van der Waals surface area contributed by atoms with Crippen LogP contribution in [0.4, 0.5) is 0 Å². The smallest absolute Gasteiger partial charge is 0.323 e. The van der Waals surface area contributed by atoms with Crippen LogP contribution in [0.3, 0.4) is 0 Å². The van der Waals surface area contributed by atoms with E-state index < -0.39 is 0 Å². The van der Waals surface area contributed by atoms with Crippen LogP contribution in [0.25, 0.3) is 0 Å². The summed E-state index contributed by atoms with van der Waals surface area (Å²) in [6.07, 6.45) is 2.13. The van der Waals surface area contributed by atoms with Gasteiger partial charge in [-0.2, -0.15) is 0 Å². The first-order valence-electron chi connectivity index (χ1n) is 5.02. The number of likely N-dealkylation sites (tertiary alicyclic amines) is 1. The van der Waals surface area contributed by atoms with Gasteiger partial charge in [0, 0.05) is 0 Å². The van der Waals surface area contributed by atoms with Crippen LogP contribution in [0.1, 0.15) is 26.7 Å². The summed E-state index contributed by atoms with van der Waals surface area (Å²) in [6, 6.07) is -0.0105. The van der Waals surface area contributed by atoms with Crippen LogP contribution in [0.2, 0.25) is 0 Å². The molecule has 13 heavy (non-hydrogen) atoms. The van der Waals surface area contributed by atoms with E-state index in [9.17, 15) is 4.79 Å². The van der Waals surface area contributed by atoms with Gasteiger partial charge in [-0.1, -0.05) is 6.92 Å². The molecule has 0 radical (unpaired) electrons. The highest BCUT2D eigenvalue weighted by Gasteiger charge is 2.30. The molecule has 1 rings (SSSR count). The fraction of sp³-hybridized carbons (Fsp3) is 0.900. The fourth-order valence-electron chi connectivity index (χ4n) is 1.77. The Morgan fingerprint density at radius 2 is 2.31 bits per heavy atom. The van der Waals surface area contributed by atoms with E-state index in [2.05, 4.69) is 11.8 Å². The van der Waals surface area contributed by atoms with Crippen molar-refractivity contribution in [3.05, 3.63) is 0 Å². The predicted molar refractivity (Wildman–Crippen MR) is 51.4 cm³/mol. The Balaban J connectivity index is 2.50. The summed E-state index contributed by atoms with van der Waals surface area (Å²) in [6.45, 7) is 5.53. The molecule has 0 saturated carbocycles. The third kappa shape index (κ3) is 2.69. The van der Waals surface area contributed by atoms with Crippen molar-refractivity contribution in [1.82, 2.24) is 4.90 Å². The zero-order valence-electron chi connectivity index (χ0n) is 8.75. The van der Waals surface area contributed by atoms with Crippen LogP contribution in [-0.4, -0.2) is 37.1 Å². The first-order valence-corrected chi connectivity index (χ1v) is 5.02. The SMILES string of the molecule is CCOC(=O)C1CC(C)CCN1C. The minimum absolute atomic E-state index is 0.0105. The zero-order valence-corrected chi connectivity index (χ0v) is 8.75. The van der Waals surface area contributed by atoms with E-state index in [1.807, 2.05) is 14.0 Å². The van der Waals surface area contributed by atoms with E-state index in [0.717, 1.165) is 13.0 Å². The molecule has 0 bridgehead atoms. The lowest BCUT2D eigenvalue weighted by Gasteiger charge is -2.33. The lowest BCUT2D eigenvalue weighted by atomic mass is 9.93. The summed E-state index contributed by atoms with van der Waals surface area (Å²) in [4.78, 5) is 13.6. The second-order valence-electron chi connectivity index (χ2n) is 3.88. The molecule has 1 saturated heterocycles. The van der Waals surface area contributed by atoms with Gasteiger partial charge in [-0.15, -0.1) is 0 Å². The molecular formula is C10H19NO2. The molecule has 2 unspecified atom stereocenters. The van der Waals surface area contributed by atoms with Crippen LogP contribution < -0.4 is 0 Å². The third-order valence-electron chi connectivity index (χ3n) is 2.69. The van der Waals surface area contributed by atoms with Crippen LogP contribution >= 0.6 is 0 Å². The Labute approximate surface area is 80.1 Å². The molecular weight excluding hydrogens is 166 g/mol. The van der Waals surface area contributed by atoms with E-state index >= 15 is 0 Å². The van der Waals surface area contributed by atoms with Gasteiger partial charge in [-0.3, -0.25) is 9.69 Å². The normalized spacial score (nSPS) is 30.1. The van der Waals surface area contributed by atoms with Gasteiger partial charge in [0.1, 0.15) is 6.04 Å². The largest absolute Gasteiger partial charge is 0.465 e. The van der Waals surface area contributed by atoms with Crippen molar-refractivity contribution in [3.8, 4) is 0 Å². The van der Waals surface area contributed by atoms with E-state index in [1.165, 1.54) is 6.42 Å². The zero-order chi connectivity index (χ0) is 9.84. The number of piperidine rings is 1. The Hall–Kier alpha value is -0.570. The molecule has 3 nitrogen and oxygen atoms in total. The molecule has 3 heteroatoms. The highest BCUT2D eigenvalue weighted by atomic mass is 16.5. The van der Waals surface area contributed by atoms with E-state index in [0.29, 0.717) is 12.5 Å². The van der Waals surface area contributed by atoms with Gasteiger partial charge in [0.2, 0.25) is 0 Å². The molecule has 2 atom stereocenters. The topological polar surface area (TPSA) is 29.5 Å². The van der Waals surface area contributed by atoms with Crippen molar-refractivity contribution in [2.75, 3.05) is 20.2 Å². The fourth-order valence-corrected chi connectivity index (χ4v) is 1.77. The maximum absolute atomic E-state index is 11.5. The number of nitrogens with zero attached hydrogens (tertiary/aromatic N) is 1. The van der Waals surface area contributed by atoms with Crippen molar-refractivity contribution in [3.63, 3.8) is 0 Å². The molecule has 1 fully saturated rings. The summed E-state index contributed by atoms with van der Waals surface area (Å²) < 4.78 is 5.02. The first kappa shape index (κ1) is 10.5. The van der Waals surface area contributed by atoms with Gasteiger partial charge in [-0.05, 0) is 39.3 Å². The van der Waals surface area contributed by atoms with Crippen LogP contribution in [0.5, 0.6) is 0 Å². The summed E-state index contributed by atoms with van der Waals surface area (Å²) >= 11 is 0. The Morgan fingerprint density at radius 3 is 2.92 bits per heavy atom. The number of hydrogen-bond donors (Lipinski definition) is 0. The van der Waals surface area contributed by atoms with Crippen molar-refractivity contribution >= 4 is 5.97 Å². The monoisotopic (exact) mass is 185 g/mol. The maximum atomic E-state index is 11.5. The van der Waals surface area contributed by atoms with Gasteiger partial charge in [0.25, 0.3) is 0 Å². The number of esters is 1. The molecule has 0 aromatic heterocycles. The Kier molecular flexibility index (Phi) is 3.72. The predicted octanol–water partition coefficient (Wildman–Crippen LogP) is 1.28. The van der Waals surface area contributed by atoms with Crippen LogP contribution in [0, 0.1) is 5.92 Å². The van der Waals surface area contributed by atoms with E-state index in [-0.39, 0.29) is 12.0 Å². The van der Waals surface area contributed by atoms with E-state index in [1.54, 1.807) is 0 Å². The Morgan fingerprint density at radius 1 is 1.62 bits per heavy atom. The number of hydrogen-bond acceptors (Lipinski definition) is 3. The molecule has 1 heterocycles. The second kappa shape index (κ2) is 4.61. The van der Waals surface area contributed by atoms with Gasteiger partial charge in [0.15, 0.2) is 0 Å². The molecule has 0 N–H and O–H groups in total. The van der Waals surface area contributed by atoms with Gasteiger partial charge < -0.3 is 4.74 Å². The van der Waals surface area contributed by atoms with Crippen molar-refractivity contribution < 1.29 is 9.53 Å². The molecule has 0 aromatic rings. The van der Waals surface area contributed by atoms with Gasteiger partial charge in [-0.25, -0.2) is 0 Å². The number of carbonyl (C=O) groups excluding carboxylic acids is 1. The van der Waals surface area contributed by atoms with Crippen molar-refractivity contribution in [2.24, 2.45) is 5.92 Å². The maximum Gasteiger partial charge on any atom is 0.323 e. The quantitative estimate of drug-likeness (QED) is 0.607. The van der Waals surface area contributed by atoms with E-state index in [4.69, 9.17) is 4.74 Å². The summed E-state index contributed by atoms with van der Waals surface area (Å²) in [5.41, 5.74) is 0. The molecule has 1 aliphatic rings. The van der Waals surface area contributed by atoms with Crippen molar-refractivity contribution in [1.29, 1.82) is 0 Å². The Bertz CT molecular complexity index is 182. The molecule has 76 valence electrons. The highest BCUT2D eigenvalue weighted by molar-refractivity contribution is 5.75. The first-order chi connectivity index (χ1) is 6.15. The number of rotatable bonds is 2. The third-order valence-corrected chi connectivity index (χ3v) is 2.69. The second-order valence-corrected chi connectivity index (χ2v) is 3.88. The number of likely N-dealkylation sites (N-methyl/N-ethyl adjacent to an activating group) is 1. The lowest BCUT2D eigenvalue weighted by Crippen LogP contribution is -2.45. The average molecular weight is 185 g/mol. The summed E-state index contributed by atoms with van der Waals surface area (Å²) in [7, 11) is 1.99. The van der Waals surface area contributed by atoms with Gasteiger partial charge >= 0.3 is 5.97 Å². The summed E-state index contributed by atoms with van der Waals surface area (Å²) in [5.74, 6) is 0.585. The molecule has 0 spiro atoms. The summed E-state index contributed by atoms with van der Waals surface area (Å²) in [5, 5.41) is 0. The average Bonchev–Trinajstić information content (AvgIpc) is 2.09. The lowest BCUT2D eigenvalue weighted by molar-refractivity contribution is -0.150. The standard InChI is InChI=1S/C10H19NO2/c1-4-13-10(12)9-7-8(2)5-6-11(9)3/h8-9H,4-7H2,1-3H3. The minimum atomic E-state index is -0.0587. The molecule has 1 aliphatic heterocycles. The number of ether oxygens (including phenoxy) is 1. The highest BCUT2D eigenvalue weighted by Crippen LogP contribution is 2.21. The molecule has 0 aromatic carbocycles. The molecule has 0 amide bonds. The molecule has 0 aliphatic carbocycles. The number of carbonyl (C=O) groups is 1.